The van der Waals surface area contributed by atoms with Gasteiger partial charge >= 0.3 is 0 Å². The third kappa shape index (κ3) is 6.24. The van der Waals surface area contributed by atoms with Gasteiger partial charge in [-0.25, -0.2) is 13.1 Å². The van der Waals surface area contributed by atoms with Crippen molar-refractivity contribution in [3.8, 4) is 0 Å². The van der Waals surface area contributed by atoms with Crippen LogP contribution in [0.2, 0.25) is 0 Å². The first-order valence-corrected chi connectivity index (χ1v) is 10.6. The summed E-state index contributed by atoms with van der Waals surface area (Å²) < 4.78 is 28.3. The monoisotopic (exact) mass is 358 g/mol. The van der Waals surface area contributed by atoms with Gasteiger partial charge < -0.3 is 5.32 Å². The zero-order chi connectivity index (χ0) is 16.7. The van der Waals surface area contributed by atoms with Gasteiger partial charge in [0.1, 0.15) is 4.21 Å². The van der Waals surface area contributed by atoms with Crippen LogP contribution in [-0.4, -0.2) is 26.9 Å². The molecule has 0 bridgehead atoms. The molecule has 1 fully saturated rings. The number of carbonyl (C=O) groups excluding carboxylic acids is 1. The SMILES string of the molecule is CC(=O)NCCc1ccc(S(=O)(=O)NC2CCCCCCC2)s1. The smallest absolute Gasteiger partial charge is 0.250 e. The number of thiophene rings is 1. The summed E-state index contributed by atoms with van der Waals surface area (Å²) in [5.41, 5.74) is 0. The van der Waals surface area contributed by atoms with Gasteiger partial charge in [-0.05, 0) is 31.4 Å². The van der Waals surface area contributed by atoms with Crippen LogP contribution in [0.15, 0.2) is 16.3 Å². The molecule has 1 aromatic rings. The van der Waals surface area contributed by atoms with Gasteiger partial charge in [-0.2, -0.15) is 0 Å². The Kier molecular flexibility index (Phi) is 7.05. The molecular weight excluding hydrogens is 332 g/mol. The van der Waals surface area contributed by atoms with Crippen molar-refractivity contribution in [2.75, 3.05) is 6.54 Å². The largest absolute Gasteiger partial charge is 0.356 e. The predicted octanol–water partition coefficient (Wildman–Crippen LogP) is 2.82. The lowest BCUT2D eigenvalue weighted by Crippen LogP contribution is -2.34. The average Bonchev–Trinajstić information content (AvgIpc) is 2.91. The number of rotatable bonds is 6. The van der Waals surface area contributed by atoms with Crippen molar-refractivity contribution in [1.82, 2.24) is 10.0 Å². The minimum Gasteiger partial charge on any atom is -0.356 e. The van der Waals surface area contributed by atoms with Crippen molar-refractivity contribution >= 4 is 27.3 Å². The number of nitrogens with one attached hydrogen (secondary N) is 2. The minimum atomic E-state index is -3.43. The van der Waals surface area contributed by atoms with E-state index >= 15 is 0 Å². The Balaban J connectivity index is 1.93. The highest BCUT2D eigenvalue weighted by atomic mass is 32.2. The normalized spacial score (nSPS) is 17.4. The summed E-state index contributed by atoms with van der Waals surface area (Å²) in [5.74, 6) is -0.0691. The molecule has 1 heterocycles. The molecule has 0 saturated heterocycles. The molecule has 7 heteroatoms. The second-order valence-electron chi connectivity index (χ2n) is 6.12. The Bertz CT molecular complexity index is 603. The number of hydrogen-bond acceptors (Lipinski definition) is 4. The molecule has 1 amide bonds. The molecule has 2 N–H and O–H groups in total. The first kappa shape index (κ1) is 18.4. The van der Waals surface area contributed by atoms with Gasteiger partial charge in [0, 0.05) is 24.4 Å². The molecule has 0 aliphatic heterocycles. The van der Waals surface area contributed by atoms with E-state index in [1.807, 2.05) is 6.07 Å². The molecule has 0 spiro atoms. The summed E-state index contributed by atoms with van der Waals surface area (Å²) in [7, 11) is -3.43. The maximum Gasteiger partial charge on any atom is 0.250 e. The Morgan fingerprint density at radius 2 is 1.83 bits per heavy atom. The molecule has 0 radical (unpaired) electrons. The van der Waals surface area contributed by atoms with E-state index in [4.69, 9.17) is 0 Å². The van der Waals surface area contributed by atoms with Crippen LogP contribution < -0.4 is 10.0 Å². The number of carbonyl (C=O) groups is 1. The Labute approximate surface area is 142 Å². The van der Waals surface area contributed by atoms with Crippen LogP contribution in [-0.2, 0) is 21.2 Å². The van der Waals surface area contributed by atoms with Crippen LogP contribution in [0.1, 0.15) is 56.7 Å². The third-order valence-electron chi connectivity index (χ3n) is 4.07. The zero-order valence-electron chi connectivity index (χ0n) is 13.6. The van der Waals surface area contributed by atoms with Crippen molar-refractivity contribution in [3.63, 3.8) is 0 Å². The quantitative estimate of drug-likeness (QED) is 0.821. The summed E-state index contributed by atoms with van der Waals surface area (Å²) in [4.78, 5) is 11.8. The fraction of sp³-hybridized carbons (Fsp3) is 0.688. The lowest BCUT2D eigenvalue weighted by molar-refractivity contribution is -0.118. The molecule has 1 aliphatic carbocycles. The molecule has 23 heavy (non-hydrogen) atoms. The van der Waals surface area contributed by atoms with E-state index in [1.165, 1.54) is 37.5 Å². The molecular formula is C16H26N2O3S2. The molecule has 0 unspecified atom stereocenters. The summed E-state index contributed by atoms with van der Waals surface area (Å²) in [6.07, 6.45) is 8.37. The second-order valence-corrected chi connectivity index (χ2v) is 9.23. The van der Waals surface area contributed by atoms with Gasteiger partial charge in [0.25, 0.3) is 0 Å². The van der Waals surface area contributed by atoms with Gasteiger partial charge in [0.2, 0.25) is 15.9 Å². The summed E-state index contributed by atoms with van der Waals surface area (Å²) in [5, 5.41) is 2.72. The standard InChI is InChI=1S/C16H26N2O3S2/c1-13(19)17-12-11-15-9-10-16(22-15)23(20,21)18-14-7-5-3-2-4-6-8-14/h9-10,14,18H,2-8,11-12H2,1H3,(H,17,19). The Hall–Kier alpha value is -0.920. The zero-order valence-corrected chi connectivity index (χ0v) is 15.3. The van der Waals surface area contributed by atoms with Crippen LogP contribution in [0.5, 0.6) is 0 Å². The number of hydrogen-bond donors (Lipinski definition) is 2. The fourth-order valence-electron chi connectivity index (χ4n) is 2.85. The maximum absolute atomic E-state index is 12.5. The van der Waals surface area contributed by atoms with Gasteiger partial charge in [-0.1, -0.05) is 32.1 Å². The number of sulfonamides is 1. The topological polar surface area (TPSA) is 75.3 Å². The first-order valence-electron chi connectivity index (χ1n) is 8.33. The molecule has 5 nitrogen and oxygen atoms in total. The van der Waals surface area contributed by atoms with Crippen LogP contribution in [0, 0.1) is 0 Å². The van der Waals surface area contributed by atoms with E-state index in [-0.39, 0.29) is 11.9 Å². The second kappa shape index (κ2) is 8.80. The van der Waals surface area contributed by atoms with Crippen molar-refractivity contribution in [2.24, 2.45) is 0 Å². The molecule has 0 atom stereocenters. The molecule has 1 saturated carbocycles. The highest BCUT2D eigenvalue weighted by Crippen LogP contribution is 2.24. The van der Waals surface area contributed by atoms with E-state index in [2.05, 4.69) is 10.0 Å². The lowest BCUT2D eigenvalue weighted by Gasteiger charge is -2.20. The summed E-state index contributed by atoms with van der Waals surface area (Å²) in [6.45, 7) is 2.01. The highest BCUT2D eigenvalue weighted by molar-refractivity contribution is 7.91. The fourth-order valence-corrected chi connectivity index (χ4v) is 5.53. The highest BCUT2D eigenvalue weighted by Gasteiger charge is 2.22. The van der Waals surface area contributed by atoms with Crippen LogP contribution in [0.4, 0.5) is 0 Å². The molecule has 0 aromatic carbocycles. The molecule has 130 valence electrons. The van der Waals surface area contributed by atoms with Crippen LogP contribution >= 0.6 is 11.3 Å². The van der Waals surface area contributed by atoms with E-state index in [0.29, 0.717) is 17.2 Å². The van der Waals surface area contributed by atoms with Crippen LogP contribution in [0.25, 0.3) is 0 Å². The van der Waals surface area contributed by atoms with Crippen LogP contribution in [0.3, 0.4) is 0 Å². The van der Waals surface area contributed by atoms with E-state index in [0.717, 1.165) is 30.6 Å². The molecule has 1 aliphatic rings. The van der Waals surface area contributed by atoms with Crippen molar-refractivity contribution in [3.05, 3.63) is 17.0 Å². The molecule has 2 rings (SSSR count). The summed E-state index contributed by atoms with van der Waals surface area (Å²) in [6, 6.07) is 3.56. The minimum absolute atomic E-state index is 0.0604. The van der Waals surface area contributed by atoms with Gasteiger partial charge in [0.05, 0.1) is 0 Å². The van der Waals surface area contributed by atoms with Gasteiger partial charge in [0.15, 0.2) is 0 Å². The average molecular weight is 359 g/mol. The lowest BCUT2D eigenvalue weighted by atomic mass is 9.97. The summed E-state index contributed by atoms with van der Waals surface area (Å²) >= 11 is 1.29. The van der Waals surface area contributed by atoms with Crippen molar-refractivity contribution < 1.29 is 13.2 Å². The maximum atomic E-state index is 12.5. The number of amides is 1. The predicted molar refractivity (Wildman–Crippen MR) is 93.1 cm³/mol. The van der Waals surface area contributed by atoms with Gasteiger partial charge in [-0.3, -0.25) is 4.79 Å². The van der Waals surface area contributed by atoms with E-state index in [9.17, 15) is 13.2 Å². The van der Waals surface area contributed by atoms with E-state index in [1.54, 1.807) is 6.07 Å². The van der Waals surface area contributed by atoms with Crippen molar-refractivity contribution in [2.45, 2.75) is 68.5 Å². The van der Waals surface area contributed by atoms with Gasteiger partial charge in [-0.15, -0.1) is 11.3 Å². The Morgan fingerprint density at radius 1 is 1.17 bits per heavy atom. The third-order valence-corrected chi connectivity index (χ3v) is 7.23. The first-order chi connectivity index (χ1) is 11.0. The van der Waals surface area contributed by atoms with Crippen molar-refractivity contribution in [1.29, 1.82) is 0 Å². The van der Waals surface area contributed by atoms with E-state index < -0.39 is 10.0 Å². The molecule has 1 aromatic heterocycles. The Morgan fingerprint density at radius 3 is 2.48 bits per heavy atom.